The van der Waals surface area contributed by atoms with Crippen LogP contribution >= 0.6 is 0 Å². The standard InChI is InChI=1S/3C8H16.2C7H14.2C6H12/c1-7-3-5-8(2)6-4-7;1-7-4-3-5-8(2)6-7;1-7-5-3-4-6-8(7)2;1-6-3-4-7(2)5-6;1-6-4-3-5-7(6)2;1-5-3-6(2)4-5;1-5-3-4-6(5)2/h3*7-8H,3-6H2,1-2H3;2*6-7H,3-5H2,1-2H3;2*5-6H,3-4H2,1-2H3. The number of hydrogen-bond acceptors (Lipinski definition) is 0. The Hall–Kier alpha value is 0. The maximum atomic E-state index is 2.38. The zero-order valence-electron chi connectivity index (χ0n) is 37.6. The van der Waals surface area contributed by atoms with E-state index in [0.717, 1.165) is 82.9 Å². The molecule has 10 atom stereocenters. The summed E-state index contributed by atoms with van der Waals surface area (Å²) in [6.07, 6.45) is 32.4. The molecule has 0 aromatic carbocycles. The van der Waals surface area contributed by atoms with E-state index < -0.39 is 0 Å². The first-order chi connectivity index (χ1) is 23.6. The lowest BCUT2D eigenvalue weighted by molar-refractivity contribution is 0.219. The van der Waals surface area contributed by atoms with E-state index in [1.807, 2.05) is 0 Å². The van der Waals surface area contributed by atoms with Crippen LogP contribution in [0, 0.1) is 82.9 Å². The average molecular weight is 701 g/mol. The van der Waals surface area contributed by atoms with Crippen LogP contribution in [0.15, 0.2) is 0 Å². The highest BCUT2D eigenvalue weighted by atomic mass is 14.3. The van der Waals surface area contributed by atoms with Crippen LogP contribution in [0.1, 0.15) is 238 Å². The van der Waals surface area contributed by atoms with E-state index in [1.165, 1.54) is 141 Å². The molecule has 0 aliphatic heterocycles. The molecule has 0 nitrogen and oxygen atoms in total. The molecule has 0 bridgehead atoms. The van der Waals surface area contributed by atoms with Crippen LogP contribution in [0.2, 0.25) is 0 Å². The van der Waals surface area contributed by atoms with E-state index in [1.54, 1.807) is 0 Å². The minimum absolute atomic E-state index is 1.00. The minimum Gasteiger partial charge on any atom is -0.0625 e. The summed E-state index contributed by atoms with van der Waals surface area (Å²) in [6.45, 7) is 32.9. The summed E-state index contributed by atoms with van der Waals surface area (Å²) in [6, 6.07) is 0. The zero-order valence-corrected chi connectivity index (χ0v) is 37.6. The molecule has 300 valence electrons. The Morgan fingerprint density at radius 1 is 0.180 bits per heavy atom. The van der Waals surface area contributed by atoms with E-state index in [0.29, 0.717) is 0 Å². The molecule has 0 radical (unpaired) electrons. The van der Waals surface area contributed by atoms with E-state index >= 15 is 0 Å². The van der Waals surface area contributed by atoms with Crippen molar-refractivity contribution in [3.63, 3.8) is 0 Å². The fraction of sp³-hybridized carbons (Fsp3) is 1.00. The van der Waals surface area contributed by atoms with Crippen LogP contribution in [0.5, 0.6) is 0 Å². The van der Waals surface area contributed by atoms with Gasteiger partial charge >= 0.3 is 0 Å². The van der Waals surface area contributed by atoms with E-state index in [9.17, 15) is 0 Å². The van der Waals surface area contributed by atoms with Gasteiger partial charge in [0.2, 0.25) is 0 Å². The summed E-state index contributed by atoms with van der Waals surface area (Å²) in [5.74, 6) is 14.3. The maximum absolute atomic E-state index is 2.38. The van der Waals surface area contributed by atoms with Gasteiger partial charge in [0.1, 0.15) is 0 Å². The first-order valence-corrected chi connectivity index (χ1v) is 23.6. The van der Waals surface area contributed by atoms with Crippen molar-refractivity contribution >= 4 is 0 Å². The van der Waals surface area contributed by atoms with Crippen LogP contribution in [-0.2, 0) is 0 Å². The summed E-state index contributed by atoms with van der Waals surface area (Å²) in [4.78, 5) is 0. The average Bonchev–Trinajstić information content (AvgIpc) is 3.64. The Balaban J connectivity index is 0.000000292. The topological polar surface area (TPSA) is 0 Å². The molecule has 7 aliphatic rings. The molecule has 0 aromatic heterocycles. The zero-order chi connectivity index (χ0) is 37.6. The third-order valence-electron chi connectivity index (χ3n) is 14.9. The van der Waals surface area contributed by atoms with Crippen LogP contribution in [0.3, 0.4) is 0 Å². The van der Waals surface area contributed by atoms with Gasteiger partial charge in [-0.15, -0.1) is 0 Å². The first kappa shape index (κ1) is 48.0. The Morgan fingerprint density at radius 2 is 0.400 bits per heavy atom. The Labute approximate surface area is 320 Å². The molecule has 0 saturated heterocycles. The van der Waals surface area contributed by atoms with Gasteiger partial charge in [0, 0.05) is 0 Å². The van der Waals surface area contributed by atoms with Crippen molar-refractivity contribution in [1.29, 1.82) is 0 Å². The van der Waals surface area contributed by atoms with Gasteiger partial charge in [0.15, 0.2) is 0 Å². The molecule has 0 heterocycles. The van der Waals surface area contributed by atoms with E-state index in [4.69, 9.17) is 0 Å². The summed E-state index contributed by atoms with van der Waals surface area (Å²) < 4.78 is 0. The molecule has 0 heteroatoms. The molecule has 0 amide bonds. The van der Waals surface area contributed by atoms with Gasteiger partial charge in [0.25, 0.3) is 0 Å². The Kier molecular flexibility index (Phi) is 26.5. The molecule has 0 N–H and O–H groups in total. The van der Waals surface area contributed by atoms with Gasteiger partial charge in [-0.05, 0) is 109 Å². The fourth-order valence-electron chi connectivity index (χ4n) is 9.63. The Morgan fingerprint density at radius 3 is 0.560 bits per heavy atom. The second-order valence-corrected chi connectivity index (χ2v) is 21.1. The second kappa shape index (κ2) is 27.6. The fourth-order valence-corrected chi connectivity index (χ4v) is 9.63. The van der Waals surface area contributed by atoms with Gasteiger partial charge in [-0.1, -0.05) is 213 Å². The SMILES string of the molecule is CC1CC(C)C1.CC1CCC(C)C1.CC1CCC(C)CC1.CC1CCC1C.CC1CCCC(C)C1.CC1CCCC1C.CC1CCCCC1C. The van der Waals surface area contributed by atoms with Crippen LogP contribution in [0.25, 0.3) is 0 Å². The first-order valence-electron chi connectivity index (χ1n) is 23.6. The van der Waals surface area contributed by atoms with E-state index in [2.05, 4.69) is 96.9 Å². The van der Waals surface area contributed by atoms with Crippen molar-refractivity contribution in [3.8, 4) is 0 Å². The predicted octanol–water partition coefficient (Wildman–Crippen LogP) is 17.5. The number of rotatable bonds is 0. The highest BCUT2D eigenvalue weighted by molar-refractivity contribution is 4.73. The lowest BCUT2D eigenvalue weighted by Crippen LogP contribution is -2.18. The molecule has 7 fully saturated rings. The van der Waals surface area contributed by atoms with Crippen molar-refractivity contribution in [2.75, 3.05) is 0 Å². The van der Waals surface area contributed by atoms with Crippen LogP contribution < -0.4 is 0 Å². The third kappa shape index (κ3) is 23.6. The molecule has 7 saturated carbocycles. The van der Waals surface area contributed by atoms with Gasteiger partial charge in [-0.3, -0.25) is 0 Å². The van der Waals surface area contributed by atoms with Gasteiger partial charge in [-0.25, -0.2) is 0 Å². The van der Waals surface area contributed by atoms with Crippen LogP contribution in [0.4, 0.5) is 0 Å². The van der Waals surface area contributed by atoms with Gasteiger partial charge in [0.05, 0.1) is 0 Å². The summed E-state index contributed by atoms with van der Waals surface area (Å²) in [7, 11) is 0. The lowest BCUT2D eigenvalue weighted by Gasteiger charge is -2.29. The monoisotopic (exact) mass is 701 g/mol. The molecule has 0 aromatic rings. The Bertz CT molecular complexity index is 696. The lowest BCUT2D eigenvalue weighted by atomic mass is 9.77. The molecule has 7 rings (SSSR count). The highest BCUT2D eigenvalue weighted by Crippen LogP contribution is 2.33. The predicted molar refractivity (Wildman–Crippen MR) is 230 cm³/mol. The third-order valence-corrected chi connectivity index (χ3v) is 14.9. The quantitative estimate of drug-likeness (QED) is 0.236. The van der Waals surface area contributed by atoms with Gasteiger partial charge < -0.3 is 0 Å². The highest BCUT2D eigenvalue weighted by Gasteiger charge is 2.21. The summed E-state index contributed by atoms with van der Waals surface area (Å²) in [5.41, 5.74) is 0. The molecule has 50 heavy (non-hydrogen) atoms. The molecular weight excluding hydrogens is 601 g/mol. The molecule has 10 unspecified atom stereocenters. The molecule has 0 spiro atoms. The molecule has 7 aliphatic carbocycles. The van der Waals surface area contributed by atoms with Crippen molar-refractivity contribution in [1.82, 2.24) is 0 Å². The molecular formula is C50H100. The van der Waals surface area contributed by atoms with Crippen LogP contribution in [-0.4, -0.2) is 0 Å². The van der Waals surface area contributed by atoms with Crippen molar-refractivity contribution in [2.45, 2.75) is 238 Å². The van der Waals surface area contributed by atoms with E-state index in [-0.39, 0.29) is 0 Å². The van der Waals surface area contributed by atoms with Crippen molar-refractivity contribution < 1.29 is 0 Å². The smallest absolute Gasteiger partial charge is 0.0417 e. The normalized spacial score (nSPS) is 41.6. The van der Waals surface area contributed by atoms with Crippen molar-refractivity contribution in [2.24, 2.45) is 82.9 Å². The second-order valence-electron chi connectivity index (χ2n) is 21.1. The summed E-state index contributed by atoms with van der Waals surface area (Å²) >= 11 is 0. The largest absolute Gasteiger partial charge is 0.0625 e. The maximum Gasteiger partial charge on any atom is -0.0417 e. The number of hydrogen-bond donors (Lipinski definition) is 0. The van der Waals surface area contributed by atoms with Crippen molar-refractivity contribution in [3.05, 3.63) is 0 Å². The van der Waals surface area contributed by atoms with Gasteiger partial charge in [-0.2, -0.15) is 0 Å². The summed E-state index contributed by atoms with van der Waals surface area (Å²) in [5, 5.41) is 0. The minimum atomic E-state index is 1.00.